The molecule has 2 heterocycles. The average molecular weight is 425 g/mol. The van der Waals surface area contributed by atoms with Crippen LogP contribution >= 0.6 is 0 Å². The van der Waals surface area contributed by atoms with Crippen LogP contribution in [0.25, 0.3) is 11.0 Å². The van der Waals surface area contributed by atoms with E-state index in [2.05, 4.69) is 4.90 Å². The molecule has 0 saturated carbocycles. The number of fused-ring (bicyclic) bond motifs is 1. The van der Waals surface area contributed by atoms with Crippen molar-refractivity contribution in [1.82, 2.24) is 14.9 Å². The van der Waals surface area contributed by atoms with Gasteiger partial charge in [0.05, 0.1) is 16.7 Å². The first-order chi connectivity index (χ1) is 15.7. The first-order valence-electron chi connectivity index (χ1n) is 10.8. The van der Waals surface area contributed by atoms with Crippen LogP contribution in [0, 0.1) is 6.92 Å². The molecule has 5 rings (SSSR count). The number of benzene rings is 3. The summed E-state index contributed by atoms with van der Waals surface area (Å²) in [5.41, 5.74) is 3.34. The van der Waals surface area contributed by atoms with Crippen LogP contribution in [0.15, 0.2) is 78.9 Å². The summed E-state index contributed by atoms with van der Waals surface area (Å²) in [6.45, 7) is 4.71. The lowest BCUT2D eigenvalue weighted by atomic mass is 10.1. The molecule has 1 aromatic heterocycles. The third-order valence-electron chi connectivity index (χ3n) is 5.65. The van der Waals surface area contributed by atoms with Crippen molar-refractivity contribution in [1.29, 1.82) is 0 Å². The zero-order valence-electron chi connectivity index (χ0n) is 17.9. The van der Waals surface area contributed by atoms with Crippen LogP contribution in [0.2, 0.25) is 0 Å². The molecule has 1 saturated heterocycles. The SMILES string of the molecule is Cc1nc2ccccc2nc1N1CCN(C(=O)c2cccc(Oc3ccccc3)c2)CC1. The first-order valence-corrected chi connectivity index (χ1v) is 10.8. The van der Waals surface area contributed by atoms with Crippen molar-refractivity contribution in [3.8, 4) is 11.5 Å². The number of carbonyl (C=O) groups excluding carboxylic acids is 1. The molecule has 1 fully saturated rings. The third-order valence-corrected chi connectivity index (χ3v) is 5.65. The number of nitrogens with zero attached hydrogens (tertiary/aromatic N) is 4. The van der Waals surface area contributed by atoms with Crippen molar-refractivity contribution >= 4 is 22.8 Å². The summed E-state index contributed by atoms with van der Waals surface area (Å²) in [5.74, 6) is 2.32. The molecular weight excluding hydrogens is 400 g/mol. The summed E-state index contributed by atoms with van der Waals surface area (Å²) in [4.78, 5) is 26.7. The number of carbonyl (C=O) groups is 1. The second-order valence-corrected chi connectivity index (χ2v) is 7.84. The number of anilines is 1. The highest BCUT2D eigenvalue weighted by molar-refractivity contribution is 5.94. The van der Waals surface area contributed by atoms with Gasteiger partial charge in [0.15, 0.2) is 5.82 Å². The highest BCUT2D eigenvalue weighted by Crippen LogP contribution is 2.24. The minimum absolute atomic E-state index is 0.0180. The van der Waals surface area contributed by atoms with Crippen molar-refractivity contribution in [3.63, 3.8) is 0 Å². The van der Waals surface area contributed by atoms with Gasteiger partial charge in [0.2, 0.25) is 0 Å². The smallest absolute Gasteiger partial charge is 0.254 e. The van der Waals surface area contributed by atoms with Gasteiger partial charge >= 0.3 is 0 Å². The van der Waals surface area contributed by atoms with Crippen LogP contribution < -0.4 is 9.64 Å². The summed E-state index contributed by atoms with van der Waals surface area (Å²) in [7, 11) is 0. The van der Waals surface area contributed by atoms with E-state index < -0.39 is 0 Å². The summed E-state index contributed by atoms with van der Waals surface area (Å²) in [6, 6.07) is 24.8. The molecule has 1 aliphatic heterocycles. The second kappa shape index (κ2) is 8.67. The number of amides is 1. The fourth-order valence-electron chi connectivity index (χ4n) is 4.00. The van der Waals surface area contributed by atoms with Crippen LogP contribution in [0.5, 0.6) is 11.5 Å². The number of aromatic nitrogens is 2. The summed E-state index contributed by atoms with van der Waals surface area (Å²) >= 11 is 0. The second-order valence-electron chi connectivity index (χ2n) is 7.84. The van der Waals surface area contributed by atoms with Crippen LogP contribution in [0.3, 0.4) is 0 Å². The third kappa shape index (κ3) is 4.12. The van der Waals surface area contributed by atoms with Gasteiger partial charge in [-0.3, -0.25) is 4.79 Å². The maximum absolute atomic E-state index is 13.1. The molecule has 0 N–H and O–H groups in total. The standard InChI is InChI=1S/C26H24N4O2/c1-19-25(28-24-13-6-5-12-23(24)27-19)29-14-16-30(17-15-29)26(31)20-8-7-11-22(18-20)32-21-9-3-2-4-10-21/h2-13,18H,14-17H2,1H3. The van der Waals surface area contributed by atoms with Gasteiger partial charge in [-0.15, -0.1) is 0 Å². The minimum atomic E-state index is 0.0180. The Balaban J connectivity index is 1.27. The molecule has 0 aliphatic carbocycles. The van der Waals surface area contributed by atoms with Crippen LogP contribution in [0.4, 0.5) is 5.82 Å². The predicted octanol–water partition coefficient (Wildman–Crippen LogP) is 4.69. The molecule has 6 nitrogen and oxygen atoms in total. The lowest BCUT2D eigenvalue weighted by Gasteiger charge is -2.36. The number of aryl methyl sites for hydroxylation is 1. The van der Waals surface area contributed by atoms with E-state index >= 15 is 0 Å². The maximum atomic E-state index is 13.1. The van der Waals surface area contributed by atoms with Gasteiger partial charge < -0.3 is 14.5 Å². The lowest BCUT2D eigenvalue weighted by molar-refractivity contribution is 0.0746. The zero-order valence-corrected chi connectivity index (χ0v) is 17.9. The van der Waals surface area contributed by atoms with Gasteiger partial charge in [-0.2, -0.15) is 0 Å². The van der Waals surface area contributed by atoms with E-state index in [-0.39, 0.29) is 5.91 Å². The van der Waals surface area contributed by atoms with E-state index in [9.17, 15) is 4.79 Å². The zero-order chi connectivity index (χ0) is 21.9. The molecule has 0 spiro atoms. The van der Waals surface area contributed by atoms with Gasteiger partial charge in [0.25, 0.3) is 5.91 Å². The minimum Gasteiger partial charge on any atom is -0.457 e. The summed E-state index contributed by atoms with van der Waals surface area (Å²) < 4.78 is 5.89. The monoisotopic (exact) mass is 424 g/mol. The Morgan fingerprint density at radius 1 is 0.781 bits per heavy atom. The Labute approximate surface area is 187 Å². The van der Waals surface area contributed by atoms with Crippen molar-refractivity contribution in [2.45, 2.75) is 6.92 Å². The molecule has 0 bridgehead atoms. The number of piperazine rings is 1. The van der Waals surface area contributed by atoms with E-state index in [1.807, 2.05) is 84.6 Å². The lowest BCUT2D eigenvalue weighted by Crippen LogP contribution is -2.49. The Bertz CT molecular complexity index is 1250. The highest BCUT2D eigenvalue weighted by Gasteiger charge is 2.24. The predicted molar refractivity (Wildman–Crippen MR) is 125 cm³/mol. The molecule has 32 heavy (non-hydrogen) atoms. The molecule has 0 atom stereocenters. The largest absolute Gasteiger partial charge is 0.457 e. The molecule has 6 heteroatoms. The van der Waals surface area contributed by atoms with Crippen molar-refractivity contribution < 1.29 is 9.53 Å². The van der Waals surface area contributed by atoms with E-state index in [1.165, 1.54) is 0 Å². The number of para-hydroxylation sites is 3. The molecule has 4 aromatic rings. The number of rotatable bonds is 4. The van der Waals surface area contributed by atoms with Gasteiger partial charge in [-0.05, 0) is 49.4 Å². The van der Waals surface area contributed by atoms with Gasteiger partial charge in [-0.1, -0.05) is 36.4 Å². The number of hydrogen-bond acceptors (Lipinski definition) is 5. The fraction of sp³-hybridized carbons (Fsp3) is 0.192. The van der Waals surface area contributed by atoms with Crippen LogP contribution in [-0.2, 0) is 0 Å². The van der Waals surface area contributed by atoms with Crippen molar-refractivity contribution in [3.05, 3.63) is 90.1 Å². The van der Waals surface area contributed by atoms with E-state index in [4.69, 9.17) is 14.7 Å². The number of ether oxygens (including phenoxy) is 1. The van der Waals surface area contributed by atoms with Crippen LogP contribution in [-0.4, -0.2) is 47.0 Å². The average Bonchev–Trinajstić information content (AvgIpc) is 2.84. The molecule has 160 valence electrons. The molecule has 1 aliphatic rings. The van der Waals surface area contributed by atoms with E-state index in [1.54, 1.807) is 6.07 Å². The Kier molecular flexibility index (Phi) is 5.42. The maximum Gasteiger partial charge on any atom is 0.254 e. The fourth-order valence-corrected chi connectivity index (χ4v) is 4.00. The number of hydrogen-bond donors (Lipinski definition) is 0. The molecule has 1 amide bonds. The first kappa shape index (κ1) is 20.0. The molecular formula is C26H24N4O2. The van der Waals surface area contributed by atoms with Gasteiger partial charge in [0.1, 0.15) is 11.5 Å². The van der Waals surface area contributed by atoms with Gasteiger partial charge in [0, 0.05) is 31.7 Å². The van der Waals surface area contributed by atoms with E-state index in [0.717, 1.165) is 41.4 Å². The molecule has 0 radical (unpaired) electrons. The Hall–Kier alpha value is -3.93. The topological polar surface area (TPSA) is 58.6 Å². The molecule has 3 aromatic carbocycles. The van der Waals surface area contributed by atoms with Crippen molar-refractivity contribution in [2.75, 3.05) is 31.1 Å². The van der Waals surface area contributed by atoms with Crippen molar-refractivity contribution in [2.24, 2.45) is 0 Å². The Morgan fingerprint density at radius 2 is 1.44 bits per heavy atom. The van der Waals surface area contributed by atoms with E-state index in [0.29, 0.717) is 24.4 Å². The normalized spacial score (nSPS) is 13.9. The quantitative estimate of drug-likeness (QED) is 0.476. The van der Waals surface area contributed by atoms with Crippen LogP contribution in [0.1, 0.15) is 16.1 Å². The summed E-state index contributed by atoms with van der Waals surface area (Å²) in [6.07, 6.45) is 0. The summed E-state index contributed by atoms with van der Waals surface area (Å²) in [5, 5.41) is 0. The van der Waals surface area contributed by atoms with Gasteiger partial charge in [-0.25, -0.2) is 9.97 Å². The highest BCUT2D eigenvalue weighted by atomic mass is 16.5. The Morgan fingerprint density at radius 3 is 2.19 bits per heavy atom. The molecule has 0 unspecified atom stereocenters.